The van der Waals surface area contributed by atoms with Crippen LogP contribution in [-0.4, -0.2) is 22.9 Å². The van der Waals surface area contributed by atoms with E-state index in [1.165, 1.54) is 0 Å². The molecule has 0 fully saturated rings. The Morgan fingerprint density at radius 1 is 0.714 bits per heavy atom. The van der Waals surface area contributed by atoms with Gasteiger partial charge >= 0.3 is 84.9 Å². The van der Waals surface area contributed by atoms with Crippen molar-refractivity contribution in [2.75, 3.05) is 0 Å². The molecule has 0 bridgehead atoms. The Kier molecular flexibility index (Phi) is 4.45. The van der Waals surface area contributed by atoms with Crippen molar-refractivity contribution < 1.29 is 13.2 Å². The summed E-state index contributed by atoms with van der Waals surface area (Å²) >= 11 is 0. The molecule has 0 unspecified atom stereocenters. The van der Waals surface area contributed by atoms with Crippen molar-refractivity contribution in [3.05, 3.63) is 0 Å². The zero-order chi connectivity index (χ0) is 11.7. The molecule has 4 heteroatoms. The van der Waals surface area contributed by atoms with Crippen LogP contribution in [0, 0.1) is 0 Å². The Balaban J connectivity index is 5.40. The first-order valence-corrected chi connectivity index (χ1v) is 7.38. The van der Waals surface area contributed by atoms with E-state index in [-0.39, 0.29) is 17.0 Å². The molecular weight excluding hydrogens is 208 g/mol. The normalized spacial score (nSPS) is 15.7. The molecule has 0 saturated heterocycles. The molecule has 0 aliphatic rings. The third-order valence-corrected chi connectivity index (χ3v) is 10.1. The quantitative estimate of drug-likeness (QED) is 0.627. The van der Waals surface area contributed by atoms with E-state index in [1.807, 2.05) is 0 Å². The van der Waals surface area contributed by atoms with Crippen molar-refractivity contribution in [3.63, 3.8) is 0 Å². The van der Waals surface area contributed by atoms with E-state index in [2.05, 4.69) is 0 Å². The molecule has 0 saturated carbocycles. The zero-order valence-electron chi connectivity index (χ0n) is 9.87. The molecule has 0 nitrogen and oxygen atoms in total. The predicted octanol–water partition coefficient (Wildman–Crippen LogP) is 4.48. The monoisotopic (exact) mass is 230 g/mol. The number of halogens is 3. The first-order chi connectivity index (χ1) is 6.08. The van der Waals surface area contributed by atoms with Crippen molar-refractivity contribution in [1.29, 1.82) is 0 Å². The molecule has 0 rings (SSSR count). The second kappa shape index (κ2) is 4.38. The molecule has 0 amide bonds. The predicted molar refractivity (Wildman–Crippen MR) is 59.8 cm³/mol. The standard InChI is InChI=1S/C10H22F3P/c1-7(2)14(8(3)4,9(5)6)10(11,12)13/h7-9,14H,1-6H3. The van der Waals surface area contributed by atoms with Crippen LogP contribution < -0.4 is 0 Å². The van der Waals surface area contributed by atoms with Crippen molar-refractivity contribution in [2.24, 2.45) is 0 Å². The molecule has 0 aliphatic carbocycles. The number of rotatable bonds is 3. The van der Waals surface area contributed by atoms with Crippen LogP contribution in [0.25, 0.3) is 0 Å². The molecule has 0 N–H and O–H groups in total. The van der Waals surface area contributed by atoms with E-state index >= 15 is 0 Å². The third-order valence-electron chi connectivity index (χ3n) is 3.36. The first kappa shape index (κ1) is 14.2. The molecule has 0 aromatic carbocycles. The molecule has 0 atom stereocenters. The van der Waals surface area contributed by atoms with E-state index in [0.29, 0.717) is 0 Å². The summed E-state index contributed by atoms with van der Waals surface area (Å²) in [5, 5.41) is 0. The summed E-state index contributed by atoms with van der Waals surface area (Å²) in [4.78, 5) is 0. The third kappa shape index (κ3) is 2.08. The fourth-order valence-corrected chi connectivity index (χ4v) is 8.95. The minimum absolute atomic E-state index is 0.248. The second-order valence-corrected chi connectivity index (χ2v) is 10.8. The van der Waals surface area contributed by atoms with Gasteiger partial charge in [0.1, 0.15) is 0 Å². The summed E-state index contributed by atoms with van der Waals surface area (Å²) < 4.78 is 39.6. The fraction of sp³-hybridized carbons (Fsp3) is 1.00. The van der Waals surface area contributed by atoms with Gasteiger partial charge in [-0.3, -0.25) is 0 Å². The second-order valence-electron chi connectivity index (χ2n) is 4.89. The molecule has 14 heavy (non-hydrogen) atoms. The van der Waals surface area contributed by atoms with Crippen LogP contribution in [0.5, 0.6) is 0 Å². The van der Waals surface area contributed by atoms with Crippen LogP contribution in [0.15, 0.2) is 0 Å². The van der Waals surface area contributed by atoms with Crippen LogP contribution in [-0.2, 0) is 0 Å². The summed E-state index contributed by atoms with van der Waals surface area (Å²) in [7, 11) is -3.23. The van der Waals surface area contributed by atoms with Gasteiger partial charge in [-0.05, 0) is 0 Å². The Bertz CT molecular complexity index is 161. The van der Waals surface area contributed by atoms with Crippen molar-refractivity contribution in [3.8, 4) is 0 Å². The summed E-state index contributed by atoms with van der Waals surface area (Å²) in [5.74, 6) is -3.98. The van der Waals surface area contributed by atoms with E-state index in [9.17, 15) is 13.2 Å². The van der Waals surface area contributed by atoms with Crippen molar-refractivity contribution in [2.45, 2.75) is 64.4 Å². The molecule has 0 radical (unpaired) electrons. The molecule has 0 spiro atoms. The SMILES string of the molecule is CC(C)[PH](C(C)C)(C(C)C)C(F)(F)F. The topological polar surface area (TPSA) is 0 Å². The van der Waals surface area contributed by atoms with Crippen molar-refractivity contribution >= 4 is 7.26 Å². The van der Waals surface area contributed by atoms with Gasteiger partial charge in [-0.2, -0.15) is 0 Å². The van der Waals surface area contributed by atoms with Gasteiger partial charge < -0.3 is 0 Å². The maximum absolute atomic E-state index is 13.2. The summed E-state index contributed by atoms with van der Waals surface area (Å²) in [6.45, 7) is 10.3. The van der Waals surface area contributed by atoms with Gasteiger partial charge in [-0.1, -0.05) is 0 Å². The summed E-state index contributed by atoms with van der Waals surface area (Å²) in [5.41, 5.74) is -0.743. The molecule has 0 aromatic heterocycles. The van der Waals surface area contributed by atoms with Crippen LogP contribution in [0.2, 0.25) is 0 Å². The maximum atomic E-state index is 13.2. The summed E-state index contributed by atoms with van der Waals surface area (Å²) in [6, 6.07) is 0. The van der Waals surface area contributed by atoms with Crippen LogP contribution in [0.1, 0.15) is 41.5 Å². The molecule has 88 valence electrons. The van der Waals surface area contributed by atoms with Gasteiger partial charge in [-0.15, -0.1) is 0 Å². The van der Waals surface area contributed by atoms with Crippen molar-refractivity contribution in [1.82, 2.24) is 0 Å². The number of hydrogen-bond donors (Lipinski definition) is 0. The van der Waals surface area contributed by atoms with Gasteiger partial charge in [0.15, 0.2) is 0 Å². The Hall–Kier alpha value is 0.220. The summed E-state index contributed by atoms with van der Waals surface area (Å²) in [6.07, 6.45) is 0. The van der Waals surface area contributed by atoms with Crippen LogP contribution in [0.4, 0.5) is 13.2 Å². The molecular formula is C10H22F3P. The van der Waals surface area contributed by atoms with Crippen LogP contribution in [0.3, 0.4) is 0 Å². The van der Waals surface area contributed by atoms with E-state index in [4.69, 9.17) is 0 Å². The van der Waals surface area contributed by atoms with Gasteiger partial charge in [0, 0.05) is 0 Å². The van der Waals surface area contributed by atoms with Gasteiger partial charge in [0.05, 0.1) is 0 Å². The number of hydrogen-bond acceptors (Lipinski definition) is 0. The molecule has 0 aliphatic heterocycles. The minimum atomic E-state index is -3.98. The van der Waals surface area contributed by atoms with E-state index < -0.39 is 13.2 Å². The van der Waals surface area contributed by atoms with Gasteiger partial charge in [0.25, 0.3) is 0 Å². The average Bonchev–Trinajstić information content (AvgIpc) is 1.79. The molecule has 0 heterocycles. The van der Waals surface area contributed by atoms with E-state index in [1.54, 1.807) is 41.5 Å². The zero-order valence-corrected chi connectivity index (χ0v) is 10.9. The van der Waals surface area contributed by atoms with Gasteiger partial charge in [0.2, 0.25) is 0 Å². The van der Waals surface area contributed by atoms with Gasteiger partial charge in [-0.25, -0.2) is 0 Å². The number of alkyl halides is 3. The van der Waals surface area contributed by atoms with E-state index in [0.717, 1.165) is 0 Å². The first-order valence-electron chi connectivity index (χ1n) is 5.15. The average molecular weight is 230 g/mol. The van der Waals surface area contributed by atoms with Crippen LogP contribution >= 0.6 is 7.26 Å². The Labute approximate surface area is 85.6 Å². The molecule has 0 aromatic rings. The Morgan fingerprint density at radius 3 is 0.929 bits per heavy atom. The Morgan fingerprint density at radius 2 is 0.929 bits per heavy atom. The fourth-order valence-electron chi connectivity index (χ4n) is 2.98.